The molecule has 0 radical (unpaired) electrons. The minimum absolute atomic E-state index is 0.0750. The summed E-state index contributed by atoms with van der Waals surface area (Å²) in [6.45, 7) is 1.07. The zero-order valence-electron chi connectivity index (χ0n) is 15.5. The summed E-state index contributed by atoms with van der Waals surface area (Å²) in [4.78, 5) is 3.92. The predicted octanol–water partition coefficient (Wildman–Crippen LogP) is 3.02. The number of pyridine rings is 1. The summed E-state index contributed by atoms with van der Waals surface area (Å²) in [6.07, 6.45) is 2.89. The molecule has 2 aromatic carbocycles. The second-order valence-corrected chi connectivity index (χ2v) is 10.3. The van der Waals surface area contributed by atoms with Crippen LogP contribution < -0.4 is 4.72 Å². The number of sulfone groups is 1. The van der Waals surface area contributed by atoms with Crippen LogP contribution in [0.15, 0.2) is 82.8 Å². The Kier molecular flexibility index (Phi) is 6.11. The highest BCUT2D eigenvalue weighted by Crippen LogP contribution is 2.28. The van der Waals surface area contributed by atoms with E-state index < -0.39 is 37.5 Å². The molecule has 0 aliphatic carbocycles. The molecular formula is C20H19FN2O4S2. The first-order chi connectivity index (χ1) is 13.7. The first kappa shape index (κ1) is 21.1. The van der Waals surface area contributed by atoms with Gasteiger partial charge in [-0.15, -0.1) is 0 Å². The molecule has 0 fully saturated rings. The van der Waals surface area contributed by atoms with E-state index >= 15 is 0 Å². The van der Waals surface area contributed by atoms with Crippen LogP contribution in [-0.4, -0.2) is 28.4 Å². The van der Waals surface area contributed by atoms with Gasteiger partial charge in [0.05, 0.1) is 9.79 Å². The highest BCUT2D eigenvalue weighted by molar-refractivity contribution is 7.92. The van der Waals surface area contributed by atoms with Crippen molar-refractivity contribution in [3.8, 4) is 0 Å². The molecule has 0 aliphatic rings. The van der Waals surface area contributed by atoms with Crippen molar-refractivity contribution >= 4 is 19.9 Å². The van der Waals surface area contributed by atoms with E-state index in [1.807, 2.05) is 0 Å². The smallest absolute Gasteiger partial charge is 0.240 e. The molecule has 0 saturated heterocycles. The van der Waals surface area contributed by atoms with Crippen LogP contribution in [0.25, 0.3) is 0 Å². The average molecular weight is 435 g/mol. The van der Waals surface area contributed by atoms with E-state index in [2.05, 4.69) is 9.71 Å². The van der Waals surface area contributed by atoms with E-state index in [0.717, 1.165) is 18.2 Å². The van der Waals surface area contributed by atoms with Crippen LogP contribution >= 0.6 is 0 Å². The summed E-state index contributed by atoms with van der Waals surface area (Å²) < 4.78 is 67.5. The van der Waals surface area contributed by atoms with Crippen molar-refractivity contribution in [3.63, 3.8) is 0 Å². The predicted molar refractivity (Wildman–Crippen MR) is 107 cm³/mol. The molecule has 6 nitrogen and oxygen atoms in total. The normalized spacial score (nSPS) is 13.2. The van der Waals surface area contributed by atoms with Crippen LogP contribution in [0, 0.1) is 12.7 Å². The molecule has 1 aromatic heterocycles. The maximum absolute atomic E-state index is 13.3. The molecule has 0 saturated carbocycles. The van der Waals surface area contributed by atoms with Gasteiger partial charge < -0.3 is 0 Å². The number of nitrogens with zero attached hydrogens (tertiary/aromatic N) is 1. The van der Waals surface area contributed by atoms with Gasteiger partial charge in [-0.3, -0.25) is 4.98 Å². The van der Waals surface area contributed by atoms with Gasteiger partial charge in [0.15, 0.2) is 9.84 Å². The number of benzene rings is 2. The van der Waals surface area contributed by atoms with Gasteiger partial charge in [0.1, 0.15) is 11.1 Å². The Bertz CT molecular complexity index is 1200. The topological polar surface area (TPSA) is 93.2 Å². The third kappa shape index (κ3) is 4.69. The van der Waals surface area contributed by atoms with Crippen LogP contribution in [0.2, 0.25) is 0 Å². The lowest BCUT2D eigenvalue weighted by Gasteiger charge is -2.19. The summed E-state index contributed by atoms with van der Waals surface area (Å²) in [6, 6.07) is 14.3. The maximum atomic E-state index is 13.3. The molecule has 152 valence electrons. The number of hydrogen-bond acceptors (Lipinski definition) is 5. The van der Waals surface area contributed by atoms with Crippen molar-refractivity contribution in [2.75, 3.05) is 6.54 Å². The van der Waals surface area contributed by atoms with E-state index in [1.165, 1.54) is 31.5 Å². The third-order valence-electron chi connectivity index (χ3n) is 4.39. The van der Waals surface area contributed by atoms with Crippen LogP contribution in [0.1, 0.15) is 16.4 Å². The largest absolute Gasteiger partial charge is 0.264 e. The lowest BCUT2D eigenvalue weighted by molar-refractivity contribution is 0.567. The fourth-order valence-electron chi connectivity index (χ4n) is 2.93. The fourth-order valence-corrected chi connectivity index (χ4v) is 5.97. The van der Waals surface area contributed by atoms with Gasteiger partial charge in [-0.1, -0.05) is 24.3 Å². The van der Waals surface area contributed by atoms with Gasteiger partial charge in [-0.2, -0.15) is 0 Å². The number of sulfonamides is 1. The van der Waals surface area contributed by atoms with E-state index in [4.69, 9.17) is 0 Å². The quantitative estimate of drug-likeness (QED) is 0.617. The Morgan fingerprint density at radius 2 is 1.72 bits per heavy atom. The molecule has 1 N–H and O–H groups in total. The molecular weight excluding hydrogens is 415 g/mol. The Morgan fingerprint density at radius 3 is 2.34 bits per heavy atom. The summed E-state index contributed by atoms with van der Waals surface area (Å²) in [5, 5.41) is -1.19. The molecule has 3 rings (SSSR count). The molecule has 0 unspecified atom stereocenters. The number of hydrogen-bond donors (Lipinski definition) is 1. The highest BCUT2D eigenvalue weighted by Gasteiger charge is 2.31. The first-order valence-electron chi connectivity index (χ1n) is 8.66. The summed E-state index contributed by atoms with van der Waals surface area (Å²) >= 11 is 0. The number of halogens is 1. The Hall–Kier alpha value is -2.62. The maximum Gasteiger partial charge on any atom is 0.240 e. The zero-order valence-corrected chi connectivity index (χ0v) is 17.1. The van der Waals surface area contributed by atoms with Crippen molar-refractivity contribution < 1.29 is 21.2 Å². The molecule has 0 aliphatic heterocycles. The van der Waals surface area contributed by atoms with Crippen LogP contribution in [-0.2, 0) is 19.9 Å². The summed E-state index contributed by atoms with van der Waals surface area (Å²) in [7, 11) is -7.96. The van der Waals surface area contributed by atoms with Gasteiger partial charge in [-0.25, -0.2) is 25.9 Å². The second-order valence-electron chi connectivity index (χ2n) is 6.39. The first-order valence-corrected chi connectivity index (χ1v) is 11.7. The Balaban J connectivity index is 1.96. The number of rotatable bonds is 7. The van der Waals surface area contributed by atoms with Gasteiger partial charge in [-0.05, 0) is 54.4 Å². The van der Waals surface area contributed by atoms with E-state index in [9.17, 15) is 21.2 Å². The van der Waals surface area contributed by atoms with Crippen molar-refractivity contribution in [1.82, 2.24) is 9.71 Å². The van der Waals surface area contributed by atoms with Crippen molar-refractivity contribution in [1.29, 1.82) is 0 Å². The zero-order chi connectivity index (χ0) is 21.1. The standard InChI is InChI=1S/C20H19FN2O4S2/c1-15-12-17(21)9-10-19(15)29(26,27)23-14-20(16-6-5-11-22-13-16)28(24,25)18-7-3-2-4-8-18/h2-13,20,23H,14H2,1H3/t20-/m1/s1. The van der Waals surface area contributed by atoms with Gasteiger partial charge in [0.2, 0.25) is 10.0 Å². The highest BCUT2D eigenvalue weighted by atomic mass is 32.2. The second kappa shape index (κ2) is 8.40. The average Bonchev–Trinajstić information content (AvgIpc) is 2.69. The third-order valence-corrected chi connectivity index (χ3v) is 8.09. The van der Waals surface area contributed by atoms with Crippen molar-refractivity contribution in [2.45, 2.75) is 22.0 Å². The summed E-state index contributed by atoms with van der Waals surface area (Å²) in [5.74, 6) is -0.554. The van der Waals surface area contributed by atoms with Gasteiger partial charge in [0, 0.05) is 18.9 Å². The Morgan fingerprint density at radius 1 is 1.00 bits per heavy atom. The van der Waals surface area contributed by atoms with E-state index in [0.29, 0.717) is 5.56 Å². The molecule has 1 atom stereocenters. The number of nitrogens with one attached hydrogen (secondary N) is 1. The van der Waals surface area contributed by atoms with Gasteiger partial charge >= 0.3 is 0 Å². The molecule has 3 aromatic rings. The van der Waals surface area contributed by atoms with E-state index in [-0.39, 0.29) is 15.4 Å². The van der Waals surface area contributed by atoms with Crippen LogP contribution in [0.5, 0.6) is 0 Å². The van der Waals surface area contributed by atoms with Crippen molar-refractivity contribution in [3.05, 3.63) is 90.0 Å². The van der Waals surface area contributed by atoms with Gasteiger partial charge in [0.25, 0.3) is 0 Å². The molecule has 0 bridgehead atoms. The molecule has 0 amide bonds. The lowest BCUT2D eigenvalue weighted by atomic mass is 10.2. The van der Waals surface area contributed by atoms with Crippen LogP contribution in [0.3, 0.4) is 0 Å². The molecule has 1 heterocycles. The molecule has 29 heavy (non-hydrogen) atoms. The minimum atomic E-state index is -4.05. The number of aryl methyl sites for hydroxylation is 1. The fraction of sp³-hybridized carbons (Fsp3) is 0.150. The van der Waals surface area contributed by atoms with Crippen molar-refractivity contribution in [2.24, 2.45) is 0 Å². The summed E-state index contributed by atoms with van der Waals surface area (Å²) in [5.41, 5.74) is 0.580. The lowest BCUT2D eigenvalue weighted by Crippen LogP contribution is -2.32. The monoisotopic (exact) mass is 434 g/mol. The van der Waals surface area contributed by atoms with Crippen LogP contribution in [0.4, 0.5) is 4.39 Å². The minimum Gasteiger partial charge on any atom is -0.264 e. The Labute approximate surface area is 169 Å². The van der Waals surface area contributed by atoms with E-state index in [1.54, 1.807) is 30.3 Å². The molecule has 9 heteroatoms. The SMILES string of the molecule is Cc1cc(F)ccc1S(=O)(=O)NC[C@H](c1cccnc1)S(=O)(=O)c1ccccc1. The number of aromatic nitrogens is 1. The molecule has 0 spiro atoms.